The first kappa shape index (κ1) is 26.5. The average Bonchev–Trinajstić information content (AvgIpc) is 3.56. The van der Waals surface area contributed by atoms with Crippen LogP contribution >= 0.6 is 0 Å². The van der Waals surface area contributed by atoms with E-state index in [1.807, 2.05) is 59.6 Å². The number of pyridine rings is 1. The highest BCUT2D eigenvalue weighted by Crippen LogP contribution is 2.42. The van der Waals surface area contributed by atoms with E-state index < -0.39 is 0 Å². The molecule has 2 aromatic heterocycles. The Morgan fingerprint density at radius 3 is 2.49 bits per heavy atom. The van der Waals surface area contributed by atoms with Gasteiger partial charge >= 0.3 is 0 Å². The minimum Gasteiger partial charge on any atom is -0.335 e. The van der Waals surface area contributed by atoms with Crippen molar-refractivity contribution in [3.05, 3.63) is 101 Å². The first-order valence-electron chi connectivity index (χ1n) is 13.8. The zero-order valence-electron chi connectivity index (χ0n) is 23.4. The summed E-state index contributed by atoms with van der Waals surface area (Å²) in [7, 11) is 1.76. The van der Waals surface area contributed by atoms with Crippen LogP contribution in [0.5, 0.6) is 0 Å². The van der Waals surface area contributed by atoms with Crippen molar-refractivity contribution in [1.82, 2.24) is 35.0 Å². The van der Waals surface area contributed by atoms with Crippen LogP contribution in [0.1, 0.15) is 64.4 Å². The van der Waals surface area contributed by atoms with Gasteiger partial charge in [-0.1, -0.05) is 55.5 Å². The van der Waals surface area contributed by atoms with E-state index in [0.29, 0.717) is 37.7 Å². The fourth-order valence-corrected chi connectivity index (χ4v) is 5.77. The molecule has 0 saturated carbocycles. The zero-order valence-corrected chi connectivity index (χ0v) is 23.4. The van der Waals surface area contributed by atoms with Crippen LogP contribution in [0.15, 0.2) is 66.9 Å². The highest BCUT2D eigenvalue weighted by molar-refractivity contribution is 5.97. The Morgan fingerprint density at radius 1 is 1.00 bits per heavy atom. The molecule has 2 atom stereocenters. The number of allylic oxidation sites excluding steroid dienone is 1. The van der Waals surface area contributed by atoms with Gasteiger partial charge in [-0.05, 0) is 51.2 Å². The summed E-state index contributed by atoms with van der Waals surface area (Å²) >= 11 is 0. The van der Waals surface area contributed by atoms with Crippen LogP contribution < -0.4 is 5.32 Å². The van der Waals surface area contributed by atoms with E-state index in [1.165, 1.54) is 11.7 Å². The minimum absolute atomic E-state index is 0.0662. The molecule has 10 nitrogen and oxygen atoms in total. The van der Waals surface area contributed by atoms with Gasteiger partial charge in [-0.2, -0.15) is 4.80 Å². The van der Waals surface area contributed by atoms with Gasteiger partial charge in [0.25, 0.3) is 5.91 Å². The van der Waals surface area contributed by atoms with E-state index in [1.54, 1.807) is 7.05 Å². The molecule has 2 aliphatic rings. The van der Waals surface area contributed by atoms with Crippen molar-refractivity contribution in [2.24, 2.45) is 7.05 Å². The van der Waals surface area contributed by atoms with Crippen molar-refractivity contribution in [2.45, 2.75) is 25.8 Å². The van der Waals surface area contributed by atoms with Crippen LogP contribution in [-0.4, -0.2) is 73.0 Å². The molecule has 1 aliphatic heterocycles. The number of tetrazole rings is 1. The van der Waals surface area contributed by atoms with Gasteiger partial charge in [-0.15, -0.1) is 10.2 Å². The lowest BCUT2D eigenvalue weighted by Gasteiger charge is -2.38. The fraction of sp³-hybridized carbons (Fsp3) is 0.290. The van der Waals surface area contributed by atoms with Gasteiger partial charge in [-0.25, -0.2) is 0 Å². The maximum atomic E-state index is 13.5. The number of anilines is 1. The van der Waals surface area contributed by atoms with Crippen LogP contribution in [0.25, 0.3) is 11.6 Å². The largest absolute Gasteiger partial charge is 0.335 e. The molecule has 1 saturated heterocycles. The van der Waals surface area contributed by atoms with Crippen molar-refractivity contribution in [1.29, 1.82) is 0 Å². The van der Waals surface area contributed by atoms with Crippen LogP contribution in [-0.2, 0) is 11.8 Å². The summed E-state index contributed by atoms with van der Waals surface area (Å²) in [6.45, 7) is 6.16. The van der Waals surface area contributed by atoms with Crippen molar-refractivity contribution in [2.75, 3.05) is 31.5 Å². The second kappa shape index (κ2) is 11.1. The lowest BCUT2D eigenvalue weighted by atomic mass is 9.93. The highest BCUT2D eigenvalue weighted by Gasteiger charge is 2.32. The second-order valence-corrected chi connectivity index (χ2v) is 10.6. The summed E-state index contributed by atoms with van der Waals surface area (Å²) in [4.78, 5) is 35.3. The molecule has 4 aromatic rings. The number of fused-ring (bicyclic) bond motifs is 1. The molecule has 41 heavy (non-hydrogen) atoms. The Labute approximate surface area is 238 Å². The number of benzene rings is 2. The van der Waals surface area contributed by atoms with Crippen LogP contribution in [0, 0.1) is 0 Å². The predicted molar refractivity (Wildman–Crippen MR) is 156 cm³/mol. The number of hydrogen-bond donors (Lipinski definition) is 1. The average molecular weight is 549 g/mol. The molecular formula is C31H32N8O2. The summed E-state index contributed by atoms with van der Waals surface area (Å²) in [5.74, 6) is 0.608. The molecule has 0 radical (unpaired) electrons. The fourth-order valence-electron chi connectivity index (χ4n) is 5.77. The second-order valence-electron chi connectivity index (χ2n) is 10.6. The Balaban J connectivity index is 1.18. The quantitative estimate of drug-likeness (QED) is 0.391. The van der Waals surface area contributed by atoms with Crippen molar-refractivity contribution < 1.29 is 9.59 Å². The number of nitrogens with one attached hydrogen (secondary N) is 1. The van der Waals surface area contributed by atoms with Crippen LogP contribution in [0.4, 0.5) is 5.69 Å². The SMILES string of the molecule is CC(=O)Nc1cccc(C2=Cc3cc(C(=O)N4CCN(C(c5ccccc5)c5nnn(C)n5)CC4)ncc3C2C)c1. The lowest BCUT2D eigenvalue weighted by molar-refractivity contribution is -0.114. The van der Waals surface area contributed by atoms with Gasteiger partial charge < -0.3 is 10.2 Å². The standard InChI is InChI=1S/C31H32N8O2/c1-20-26(23-10-7-11-25(16-23)33-21(2)40)17-24-18-28(32-19-27(20)24)31(41)39-14-12-38(13-15-39)29(22-8-5-4-6-9-22)30-34-36-37(3)35-30/h4-11,16-20,29H,12-15H2,1-3H3,(H,33,40). The highest BCUT2D eigenvalue weighted by atomic mass is 16.2. The summed E-state index contributed by atoms with van der Waals surface area (Å²) < 4.78 is 0. The molecule has 6 rings (SSSR count). The Hall–Kier alpha value is -4.70. The summed E-state index contributed by atoms with van der Waals surface area (Å²) in [6.07, 6.45) is 3.96. The molecular weight excluding hydrogens is 516 g/mol. The first-order valence-corrected chi connectivity index (χ1v) is 13.8. The molecule has 0 bridgehead atoms. The Bertz CT molecular complexity index is 1620. The molecule has 2 unspecified atom stereocenters. The molecule has 0 spiro atoms. The Morgan fingerprint density at radius 2 is 1.78 bits per heavy atom. The molecule has 1 N–H and O–H groups in total. The van der Waals surface area contributed by atoms with E-state index in [2.05, 4.69) is 55.7 Å². The van der Waals surface area contributed by atoms with E-state index in [4.69, 9.17) is 0 Å². The smallest absolute Gasteiger partial charge is 0.272 e. The van der Waals surface area contributed by atoms with Gasteiger partial charge in [0.05, 0.1) is 13.1 Å². The predicted octanol–water partition coefficient (Wildman–Crippen LogP) is 3.77. The third-order valence-electron chi connectivity index (χ3n) is 7.80. The van der Waals surface area contributed by atoms with Gasteiger partial charge in [0.1, 0.15) is 5.69 Å². The molecule has 1 aliphatic carbocycles. The summed E-state index contributed by atoms with van der Waals surface area (Å²) in [6, 6.07) is 19.8. The number of rotatable bonds is 6. The maximum Gasteiger partial charge on any atom is 0.272 e. The van der Waals surface area contributed by atoms with Crippen molar-refractivity contribution in [3.8, 4) is 0 Å². The van der Waals surface area contributed by atoms with Crippen LogP contribution in [0.3, 0.4) is 0 Å². The van der Waals surface area contributed by atoms with Gasteiger partial charge in [0, 0.05) is 50.9 Å². The number of amides is 2. The Kier molecular flexibility index (Phi) is 7.15. The van der Waals surface area contributed by atoms with Crippen molar-refractivity contribution in [3.63, 3.8) is 0 Å². The van der Waals surface area contributed by atoms with E-state index >= 15 is 0 Å². The number of carbonyl (C=O) groups excluding carboxylic acids is 2. The molecule has 208 valence electrons. The monoisotopic (exact) mass is 548 g/mol. The molecule has 3 heterocycles. The van der Waals surface area contributed by atoms with Crippen LogP contribution in [0.2, 0.25) is 0 Å². The number of aromatic nitrogens is 5. The third-order valence-corrected chi connectivity index (χ3v) is 7.80. The third kappa shape index (κ3) is 5.38. The van der Waals surface area contributed by atoms with E-state index in [-0.39, 0.29) is 23.8 Å². The van der Waals surface area contributed by atoms with E-state index in [9.17, 15) is 9.59 Å². The van der Waals surface area contributed by atoms with Gasteiger partial charge in [0.2, 0.25) is 5.91 Å². The van der Waals surface area contributed by atoms with Crippen molar-refractivity contribution >= 4 is 29.2 Å². The number of nitrogens with zero attached hydrogens (tertiary/aromatic N) is 7. The number of hydrogen-bond acceptors (Lipinski definition) is 7. The molecule has 2 aromatic carbocycles. The summed E-state index contributed by atoms with van der Waals surface area (Å²) in [5, 5.41) is 15.7. The summed E-state index contributed by atoms with van der Waals surface area (Å²) in [5.41, 5.74) is 6.58. The molecule has 2 amide bonds. The van der Waals surface area contributed by atoms with Gasteiger partial charge in [-0.3, -0.25) is 19.5 Å². The lowest BCUT2D eigenvalue weighted by Crippen LogP contribution is -2.50. The number of piperazine rings is 1. The zero-order chi connectivity index (χ0) is 28.5. The van der Waals surface area contributed by atoms with E-state index in [0.717, 1.165) is 33.5 Å². The molecule has 1 fully saturated rings. The maximum absolute atomic E-state index is 13.5. The number of aryl methyl sites for hydroxylation is 1. The number of carbonyl (C=O) groups is 2. The first-order chi connectivity index (χ1) is 19.9. The minimum atomic E-state index is -0.130. The normalized spacial score (nSPS) is 17.6. The topological polar surface area (TPSA) is 109 Å². The molecule has 10 heteroatoms. The van der Waals surface area contributed by atoms with Gasteiger partial charge in [0.15, 0.2) is 5.82 Å².